The molecule has 0 bridgehead atoms. The molecule has 6 rings (SSSR count). The van der Waals surface area contributed by atoms with Gasteiger partial charge in [-0.1, -0.05) is 29.8 Å². The first-order chi connectivity index (χ1) is 21.0. The van der Waals surface area contributed by atoms with E-state index in [1.165, 1.54) is 12.3 Å². The van der Waals surface area contributed by atoms with Gasteiger partial charge in [0.2, 0.25) is 5.88 Å². The van der Waals surface area contributed by atoms with Crippen LogP contribution >= 0.6 is 11.6 Å². The molecule has 0 saturated carbocycles. The summed E-state index contributed by atoms with van der Waals surface area (Å²) >= 11 is 7.05. The average molecular weight is 619 g/mol. The molecular formula is C32H26ClF3N6O2. The van der Waals surface area contributed by atoms with Gasteiger partial charge >= 0.3 is 6.18 Å². The Balaban J connectivity index is 1.35. The molecular weight excluding hydrogens is 593 g/mol. The highest BCUT2D eigenvalue weighted by Crippen LogP contribution is 2.38. The summed E-state index contributed by atoms with van der Waals surface area (Å²) in [6.45, 7) is 1.91. The minimum absolute atomic E-state index is 0.212. The van der Waals surface area contributed by atoms with Gasteiger partial charge in [-0.2, -0.15) is 18.3 Å². The number of halogens is 4. The van der Waals surface area contributed by atoms with Crippen molar-refractivity contribution in [2.45, 2.75) is 25.6 Å². The molecule has 44 heavy (non-hydrogen) atoms. The Bertz CT molecular complexity index is 1950. The first-order valence-corrected chi connectivity index (χ1v) is 13.9. The van der Waals surface area contributed by atoms with E-state index >= 15 is 0 Å². The number of aromatic nitrogens is 6. The topological polar surface area (TPSA) is 90.9 Å². The summed E-state index contributed by atoms with van der Waals surface area (Å²) in [5.74, 6) is 0.966. The third kappa shape index (κ3) is 5.40. The predicted octanol–water partition coefficient (Wildman–Crippen LogP) is 6.88. The lowest BCUT2D eigenvalue weighted by Crippen LogP contribution is -2.10. The number of rotatable bonds is 7. The van der Waals surface area contributed by atoms with E-state index in [4.69, 9.17) is 21.3 Å². The van der Waals surface area contributed by atoms with Gasteiger partial charge in [-0.15, -0.1) is 0 Å². The number of hydrogen-bond donors (Lipinski definition) is 1. The van der Waals surface area contributed by atoms with E-state index in [9.17, 15) is 18.3 Å². The molecule has 4 aromatic heterocycles. The van der Waals surface area contributed by atoms with Gasteiger partial charge in [-0.25, -0.2) is 14.6 Å². The average Bonchev–Trinajstić information content (AvgIpc) is 3.69. The molecule has 1 atom stereocenters. The van der Waals surface area contributed by atoms with Crippen LogP contribution in [0.1, 0.15) is 39.7 Å². The number of hydrogen-bond acceptors (Lipinski definition) is 6. The second-order valence-electron chi connectivity index (χ2n) is 10.3. The maximum absolute atomic E-state index is 12.9. The maximum Gasteiger partial charge on any atom is 0.433 e. The van der Waals surface area contributed by atoms with E-state index in [1.807, 2.05) is 55.6 Å². The molecule has 0 amide bonds. The second kappa shape index (κ2) is 11.4. The quantitative estimate of drug-likeness (QED) is 0.210. The van der Waals surface area contributed by atoms with Crippen molar-refractivity contribution in [1.29, 1.82) is 0 Å². The summed E-state index contributed by atoms with van der Waals surface area (Å²) in [4.78, 5) is 12.8. The van der Waals surface area contributed by atoms with Gasteiger partial charge in [0.15, 0.2) is 0 Å². The molecule has 6 aromatic rings. The zero-order valence-corrected chi connectivity index (χ0v) is 24.6. The Morgan fingerprint density at radius 1 is 1.05 bits per heavy atom. The molecule has 2 aromatic carbocycles. The van der Waals surface area contributed by atoms with Crippen LogP contribution in [0, 0.1) is 6.92 Å². The molecule has 0 aliphatic carbocycles. The van der Waals surface area contributed by atoms with Crippen LogP contribution in [-0.4, -0.2) is 41.5 Å². The van der Waals surface area contributed by atoms with Gasteiger partial charge in [-0.05, 0) is 54.4 Å². The number of imidazole rings is 1. The van der Waals surface area contributed by atoms with E-state index in [1.54, 1.807) is 29.6 Å². The van der Waals surface area contributed by atoms with Crippen molar-refractivity contribution in [3.63, 3.8) is 0 Å². The van der Waals surface area contributed by atoms with Crippen molar-refractivity contribution >= 4 is 22.5 Å². The van der Waals surface area contributed by atoms with Crippen LogP contribution in [0.15, 0.2) is 79.4 Å². The van der Waals surface area contributed by atoms with E-state index in [0.717, 1.165) is 40.2 Å². The maximum atomic E-state index is 12.9. The molecule has 224 valence electrons. The van der Waals surface area contributed by atoms with Gasteiger partial charge in [-0.3, -0.25) is 4.98 Å². The SMILES string of the molecule is COc1nc2c(C)cc(-c3ncc(C(O)c4ccc(C(F)(F)F)nc4)n3C)cc2c(Cl)c1Cc1ccc(-n2cccn2)cc1. The van der Waals surface area contributed by atoms with Crippen LogP contribution < -0.4 is 4.74 Å². The first kappa shape index (κ1) is 29.3. The third-order valence-electron chi connectivity index (χ3n) is 7.51. The molecule has 1 N–H and O–H groups in total. The normalized spacial score (nSPS) is 12.5. The molecule has 12 heteroatoms. The Kier molecular flexibility index (Phi) is 7.60. The van der Waals surface area contributed by atoms with Gasteiger partial charge < -0.3 is 14.4 Å². The molecule has 0 radical (unpaired) electrons. The van der Waals surface area contributed by atoms with Crippen LogP contribution in [0.5, 0.6) is 5.88 Å². The minimum atomic E-state index is -4.57. The Morgan fingerprint density at radius 3 is 2.45 bits per heavy atom. The van der Waals surface area contributed by atoms with Crippen molar-refractivity contribution in [2.24, 2.45) is 7.05 Å². The molecule has 0 aliphatic rings. The summed E-state index contributed by atoms with van der Waals surface area (Å²) in [6.07, 6.45) is 0.781. The number of aliphatic hydroxyl groups is 1. The molecule has 0 aliphatic heterocycles. The summed E-state index contributed by atoms with van der Waals surface area (Å²) in [6, 6.07) is 15.7. The fraction of sp³-hybridized carbons (Fsp3) is 0.188. The number of alkyl halides is 3. The predicted molar refractivity (Wildman–Crippen MR) is 160 cm³/mol. The van der Waals surface area contributed by atoms with Crippen LogP contribution in [0.3, 0.4) is 0 Å². The lowest BCUT2D eigenvalue weighted by atomic mass is 10.00. The molecule has 0 spiro atoms. The number of fused-ring (bicyclic) bond motifs is 1. The Morgan fingerprint density at radius 2 is 1.82 bits per heavy atom. The number of nitrogens with zero attached hydrogens (tertiary/aromatic N) is 6. The van der Waals surface area contributed by atoms with Crippen LogP contribution in [0.4, 0.5) is 13.2 Å². The fourth-order valence-corrected chi connectivity index (χ4v) is 5.51. The van der Waals surface area contributed by atoms with Crippen molar-refractivity contribution in [2.75, 3.05) is 7.11 Å². The van der Waals surface area contributed by atoms with Crippen molar-refractivity contribution in [3.8, 4) is 23.0 Å². The standard InChI is InChI=1S/C32H26ClF3N6O2/c1-18-13-21(30-38-17-25(41(30)2)29(43)20-7-10-26(37-16-20)32(34,35)36)15-23-27(33)24(31(44-3)40-28(18)23)14-19-5-8-22(9-6-19)42-12-4-11-39-42/h4-13,15-17,29,43H,14H2,1-3H3. The molecule has 0 saturated heterocycles. The van der Waals surface area contributed by atoms with Gasteiger partial charge in [0.25, 0.3) is 0 Å². The highest BCUT2D eigenvalue weighted by atomic mass is 35.5. The number of ether oxygens (including phenoxy) is 1. The van der Waals surface area contributed by atoms with E-state index < -0.39 is 18.0 Å². The lowest BCUT2D eigenvalue weighted by molar-refractivity contribution is -0.141. The monoisotopic (exact) mass is 618 g/mol. The number of pyridine rings is 2. The summed E-state index contributed by atoms with van der Waals surface area (Å²) in [5, 5.41) is 16.4. The van der Waals surface area contributed by atoms with Gasteiger partial charge in [0.05, 0.1) is 35.2 Å². The zero-order valence-electron chi connectivity index (χ0n) is 23.8. The molecule has 4 heterocycles. The highest BCUT2D eigenvalue weighted by molar-refractivity contribution is 6.36. The van der Waals surface area contributed by atoms with E-state index in [-0.39, 0.29) is 5.56 Å². The van der Waals surface area contributed by atoms with Crippen molar-refractivity contribution in [1.82, 2.24) is 29.3 Å². The van der Waals surface area contributed by atoms with Crippen LogP contribution in [0.2, 0.25) is 5.02 Å². The molecule has 8 nitrogen and oxygen atoms in total. The van der Waals surface area contributed by atoms with Crippen LogP contribution in [0.25, 0.3) is 28.0 Å². The number of aliphatic hydroxyl groups excluding tert-OH is 1. The van der Waals surface area contributed by atoms with Crippen LogP contribution in [-0.2, 0) is 19.6 Å². The van der Waals surface area contributed by atoms with Gasteiger partial charge in [0, 0.05) is 54.1 Å². The zero-order chi connectivity index (χ0) is 31.2. The van der Waals surface area contributed by atoms with E-state index in [2.05, 4.69) is 15.1 Å². The molecule has 0 fully saturated rings. The molecule has 1 unspecified atom stereocenters. The smallest absolute Gasteiger partial charge is 0.433 e. The third-order valence-corrected chi connectivity index (χ3v) is 7.94. The highest BCUT2D eigenvalue weighted by Gasteiger charge is 2.32. The fourth-order valence-electron chi connectivity index (χ4n) is 5.21. The van der Waals surface area contributed by atoms with E-state index in [0.29, 0.717) is 39.7 Å². The summed E-state index contributed by atoms with van der Waals surface area (Å²) in [5.41, 5.74) is 4.49. The second-order valence-corrected chi connectivity index (χ2v) is 10.7. The number of aryl methyl sites for hydroxylation is 1. The number of benzene rings is 2. The summed E-state index contributed by atoms with van der Waals surface area (Å²) < 4.78 is 48.0. The largest absolute Gasteiger partial charge is 0.481 e. The minimum Gasteiger partial charge on any atom is -0.481 e. The van der Waals surface area contributed by atoms with Crippen molar-refractivity contribution < 1.29 is 23.0 Å². The van der Waals surface area contributed by atoms with Gasteiger partial charge in [0.1, 0.15) is 17.6 Å². The van der Waals surface area contributed by atoms with Crippen molar-refractivity contribution in [3.05, 3.63) is 118 Å². The Hall–Kier alpha value is -4.74. The lowest BCUT2D eigenvalue weighted by Gasteiger charge is -2.16. The Labute approximate surface area is 255 Å². The summed E-state index contributed by atoms with van der Waals surface area (Å²) in [7, 11) is 3.29. The first-order valence-electron chi connectivity index (χ1n) is 13.5. The number of methoxy groups -OCH3 is 1.